The van der Waals surface area contributed by atoms with E-state index in [0.29, 0.717) is 6.42 Å². The lowest BCUT2D eigenvalue weighted by molar-refractivity contribution is 0.135. The van der Waals surface area contributed by atoms with Crippen molar-refractivity contribution >= 4 is 11.3 Å². The summed E-state index contributed by atoms with van der Waals surface area (Å²) in [5.74, 6) is 0. The van der Waals surface area contributed by atoms with Gasteiger partial charge in [0.2, 0.25) is 0 Å². The van der Waals surface area contributed by atoms with Crippen LogP contribution in [0, 0.1) is 6.92 Å². The summed E-state index contributed by atoms with van der Waals surface area (Å²) >= 11 is 1.56. The zero-order chi connectivity index (χ0) is 9.97. The Morgan fingerprint density at radius 2 is 2.50 bits per heavy atom. The Labute approximate surface area is 87.4 Å². The molecule has 1 aliphatic rings. The van der Waals surface area contributed by atoms with Crippen LogP contribution in [0.25, 0.3) is 0 Å². The summed E-state index contributed by atoms with van der Waals surface area (Å²) in [6.07, 6.45) is 2.55. The van der Waals surface area contributed by atoms with Crippen LogP contribution in [0.4, 0.5) is 0 Å². The minimum absolute atomic E-state index is 0.249. The fraction of sp³-hybridized carbons (Fsp3) is 0.778. The summed E-state index contributed by atoms with van der Waals surface area (Å²) in [7, 11) is 0. The minimum atomic E-state index is -0.315. The predicted molar refractivity (Wildman–Crippen MR) is 55.4 cm³/mol. The van der Waals surface area contributed by atoms with E-state index in [1.165, 1.54) is 0 Å². The summed E-state index contributed by atoms with van der Waals surface area (Å²) in [5.41, 5.74) is 0. The molecule has 1 fully saturated rings. The fourth-order valence-corrected chi connectivity index (χ4v) is 2.54. The summed E-state index contributed by atoms with van der Waals surface area (Å²) in [6, 6.07) is 0.249. The van der Waals surface area contributed by atoms with E-state index in [1.54, 1.807) is 11.3 Å². The lowest BCUT2D eigenvalue weighted by atomic mass is 10.1. The van der Waals surface area contributed by atoms with Crippen molar-refractivity contribution < 1.29 is 5.11 Å². The summed E-state index contributed by atoms with van der Waals surface area (Å²) < 4.78 is 0. The van der Waals surface area contributed by atoms with Gasteiger partial charge >= 0.3 is 0 Å². The minimum Gasteiger partial charge on any atom is -0.391 e. The van der Waals surface area contributed by atoms with E-state index in [1.807, 2.05) is 6.92 Å². The van der Waals surface area contributed by atoms with E-state index in [0.717, 1.165) is 29.4 Å². The highest BCUT2D eigenvalue weighted by Gasteiger charge is 2.23. The highest BCUT2D eigenvalue weighted by Crippen LogP contribution is 2.15. The number of aliphatic hydroxyl groups is 1. The van der Waals surface area contributed by atoms with Gasteiger partial charge in [0.1, 0.15) is 10.0 Å². The van der Waals surface area contributed by atoms with E-state index in [2.05, 4.69) is 15.5 Å². The van der Waals surface area contributed by atoms with Crippen LogP contribution in [-0.4, -0.2) is 34.0 Å². The van der Waals surface area contributed by atoms with Crippen molar-refractivity contribution in [2.75, 3.05) is 6.54 Å². The van der Waals surface area contributed by atoms with Crippen LogP contribution in [0.2, 0.25) is 0 Å². The molecular weight excluding hydrogens is 198 g/mol. The first kappa shape index (κ1) is 10.0. The quantitative estimate of drug-likeness (QED) is 0.768. The third kappa shape index (κ3) is 2.29. The molecular formula is C9H15N3OS. The van der Waals surface area contributed by atoms with Gasteiger partial charge < -0.3 is 10.4 Å². The van der Waals surface area contributed by atoms with Gasteiger partial charge in [-0.05, 0) is 26.3 Å². The van der Waals surface area contributed by atoms with Crippen molar-refractivity contribution in [2.45, 2.75) is 38.3 Å². The molecule has 1 aliphatic heterocycles. The summed E-state index contributed by atoms with van der Waals surface area (Å²) in [4.78, 5) is 0. The van der Waals surface area contributed by atoms with Crippen LogP contribution < -0.4 is 5.32 Å². The number of nitrogens with zero attached hydrogens (tertiary/aromatic N) is 2. The Morgan fingerprint density at radius 1 is 1.64 bits per heavy atom. The number of hydrogen-bond donors (Lipinski definition) is 2. The van der Waals surface area contributed by atoms with E-state index in [-0.39, 0.29) is 12.1 Å². The molecule has 14 heavy (non-hydrogen) atoms. The molecule has 0 bridgehead atoms. The van der Waals surface area contributed by atoms with Crippen LogP contribution in [0.5, 0.6) is 0 Å². The van der Waals surface area contributed by atoms with Crippen molar-refractivity contribution in [1.29, 1.82) is 0 Å². The first-order valence-electron chi connectivity index (χ1n) is 4.96. The van der Waals surface area contributed by atoms with Gasteiger partial charge in [-0.15, -0.1) is 21.5 Å². The van der Waals surface area contributed by atoms with Crippen LogP contribution in [0.1, 0.15) is 22.9 Å². The SMILES string of the molecule is Cc1nnc(CC(O)C2CCCN2)s1. The largest absolute Gasteiger partial charge is 0.391 e. The van der Waals surface area contributed by atoms with Crippen LogP contribution in [0.3, 0.4) is 0 Å². The molecule has 0 radical (unpaired) electrons. The monoisotopic (exact) mass is 213 g/mol. The topological polar surface area (TPSA) is 58.0 Å². The smallest absolute Gasteiger partial charge is 0.120 e. The van der Waals surface area contributed by atoms with Crippen LogP contribution in [-0.2, 0) is 6.42 Å². The van der Waals surface area contributed by atoms with E-state index < -0.39 is 0 Å². The van der Waals surface area contributed by atoms with Gasteiger partial charge in [0.15, 0.2) is 0 Å². The fourth-order valence-electron chi connectivity index (χ4n) is 1.78. The average Bonchev–Trinajstić information content (AvgIpc) is 2.75. The van der Waals surface area contributed by atoms with E-state index in [4.69, 9.17) is 0 Å². The molecule has 0 spiro atoms. The molecule has 78 valence electrons. The second kappa shape index (κ2) is 4.33. The summed E-state index contributed by atoms with van der Waals surface area (Å²) in [5, 5.41) is 23.0. The first-order chi connectivity index (χ1) is 6.75. The molecule has 2 heterocycles. The molecule has 2 N–H and O–H groups in total. The number of nitrogens with one attached hydrogen (secondary N) is 1. The second-order valence-corrected chi connectivity index (χ2v) is 4.96. The Morgan fingerprint density at radius 3 is 3.07 bits per heavy atom. The number of aliphatic hydroxyl groups excluding tert-OH is 1. The van der Waals surface area contributed by atoms with Gasteiger partial charge in [0, 0.05) is 12.5 Å². The number of rotatable bonds is 3. The molecule has 0 amide bonds. The second-order valence-electron chi connectivity index (χ2n) is 3.69. The van der Waals surface area contributed by atoms with Gasteiger partial charge in [0.25, 0.3) is 0 Å². The Kier molecular flexibility index (Phi) is 3.10. The van der Waals surface area contributed by atoms with Crippen LogP contribution >= 0.6 is 11.3 Å². The third-order valence-electron chi connectivity index (χ3n) is 2.51. The molecule has 0 saturated carbocycles. The molecule has 1 saturated heterocycles. The molecule has 1 aromatic heterocycles. The van der Waals surface area contributed by atoms with E-state index >= 15 is 0 Å². The summed E-state index contributed by atoms with van der Waals surface area (Å²) in [6.45, 7) is 2.96. The van der Waals surface area contributed by atoms with Gasteiger partial charge in [-0.1, -0.05) is 0 Å². The molecule has 2 atom stereocenters. The maximum absolute atomic E-state index is 9.89. The lowest BCUT2D eigenvalue weighted by Gasteiger charge is -2.16. The van der Waals surface area contributed by atoms with Crippen molar-refractivity contribution in [1.82, 2.24) is 15.5 Å². The molecule has 2 unspecified atom stereocenters. The van der Waals surface area contributed by atoms with E-state index in [9.17, 15) is 5.11 Å². The standard InChI is InChI=1S/C9H15N3OS/c1-6-11-12-9(14-6)5-8(13)7-3-2-4-10-7/h7-8,10,13H,2-5H2,1H3. The Balaban J connectivity index is 1.90. The van der Waals surface area contributed by atoms with Gasteiger partial charge in [-0.2, -0.15) is 0 Å². The normalized spacial score (nSPS) is 24.0. The van der Waals surface area contributed by atoms with Gasteiger partial charge in [0.05, 0.1) is 6.10 Å². The first-order valence-corrected chi connectivity index (χ1v) is 5.78. The highest BCUT2D eigenvalue weighted by molar-refractivity contribution is 7.11. The van der Waals surface area contributed by atoms with Crippen molar-refractivity contribution in [3.05, 3.63) is 10.0 Å². The molecule has 5 heteroatoms. The van der Waals surface area contributed by atoms with Gasteiger partial charge in [-0.3, -0.25) is 0 Å². The van der Waals surface area contributed by atoms with Crippen LogP contribution in [0.15, 0.2) is 0 Å². The number of hydrogen-bond acceptors (Lipinski definition) is 5. The Bertz CT molecular complexity index is 296. The van der Waals surface area contributed by atoms with Crippen molar-refractivity contribution in [3.63, 3.8) is 0 Å². The number of aromatic nitrogens is 2. The molecule has 2 rings (SSSR count). The van der Waals surface area contributed by atoms with Gasteiger partial charge in [-0.25, -0.2) is 0 Å². The molecule has 0 aliphatic carbocycles. The zero-order valence-electron chi connectivity index (χ0n) is 8.23. The predicted octanol–water partition coefficient (Wildman–Crippen LogP) is 0.502. The average molecular weight is 213 g/mol. The Hall–Kier alpha value is -0.520. The maximum Gasteiger partial charge on any atom is 0.120 e. The third-order valence-corrected chi connectivity index (χ3v) is 3.38. The highest BCUT2D eigenvalue weighted by atomic mass is 32.1. The molecule has 1 aromatic rings. The number of aryl methyl sites for hydroxylation is 1. The van der Waals surface area contributed by atoms with Crippen molar-refractivity contribution in [2.24, 2.45) is 0 Å². The zero-order valence-corrected chi connectivity index (χ0v) is 9.05. The maximum atomic E-state index is 9.89. The molecule has 4 nitrogen and oxygen atoms in total. The molecule has 0 aromatic carbocycles. The van der Waals surface area contributed by atoms with Crippen molar-refractivity contribution in [3.8, 4) is 0 Å². The lowest BCUT2D eigenvalue weighted by Crippen LogP contribution is -2.36.